The van der Waals surface area contributed by atoms with Gasteiger partial charge in [0.15, 0.2) is 0 Å². The molecule has 0 radical (unpaired) electrons. The predicted molar refractivity (Wildman–Crippen MR) is 83.1 cm³/mol. The summed E-state index contributed by atoms with van der Waals surface area (Å²) in [5.41, 5.74) is 2.87. The highest BCUT2D eigenvalue weighted by Gasteiger charge is 2.14. The van der Waals surface area contributed by atoms with Gasteiger partial charge >= 0.3 is 5.97 Å². The van der Waals surface area contributed by atoms with Gasteiger partial charge in [0.2, 0.25) is 0 Å². The molecule has 2 N–H and O–H groups in total. The first-order valence-electron chi connectivity index (χ1n) is 5.82. The van der Waals surface area contributed by atoms with Gasteiger partial charge in [0.25, 0.3) is 0 Å². The Kier molecular flexibility index (Phi) is 4.30. The van der Waals surface area contributed by atoms with Crippen molar-refractivity contribution in [1.82, 2.24) is 4.98 Å². The molecule has 0 aliphatic rings. The van der Waals surface area contributed by atoms with Crippen molar-refractivity contribution >= 4 is 45.0 Å². The van der Waals surface area contributed by atoms with E-state index in [1.54, 1.807) is 0 Å². The van der Waals surface area contributed by atoms with Crippen LogP contribution in [0.1, 0.15) is 21.5 Å². The first kappa shape index (κ1) is 14.8. The van der Waals surface area contributed by atoms with Crippen LogP contribution in [0, 0.1) is 13.8 Å². The van der Waals surface area contributed by atoms with Crippen molar-refractivity contribution in [2.24, 2.45) is 0 Å². The van der Waals surface area contributed by atoms with Gasteiger partial charge in [-0.2, -0.15) is 0 Å². The maximum absolute atomic E-state index is 11.2. The number of halogens is 2. The second-order valence-corrected chi connectivity index (χ2v) is 5.68. The van der Waals surface area contributed by atoms with Gasteiger partial charge in [-0.05, 0) is 49.2 Å². The monoisotopic (exact) mass is 354 g/mol. The maximum Gasteiger partial charge on any atom is 0.339 e. The molecule has 1 heterocycles. The Morgan fingerprint density at radius 1 is 1.30 bits per heavy atom. The van der Waals surface area contributed by atoms with Crippen LogP contribution in [0.25, 0.3) is 0 Å². The van der Waals surface area contributed by atoms with E-state index in [-0.39, 0.29) is 16.5 Å². The number of pyridine rings is 1. The number of hydrogen-bond donors (Lipinski definition) is 2. The van der Waals surface area contributed by atoms with E-state index < -0.39 is 5.97 Å². The molecule has 104 valence electrons. The number of carbonyl (C=O) groups is 1. The maximum atomic E-state index is 11.2. The lowest BCUT2D eigenvalue weighted by atomic mass is 10.1. The number of nitrogens with zero attached hydrogens (tertiary/aromatic N) is 1. The molecule has 0 atom stereocenters. The number of aryl methyl sites for hydroxylation is 2. The normalized spacial score (nSPS) is 10.4. The average Bonchev–Trinajstić information content (AvgIpc) is 2.33. The highest BCUT2D eigenvalue weighted by atomic mass is 79.9. The second-order valence-electron chi connectivity index (χ2n) is 4.37. The minimum atomic E-state index is -1.05. The number of rotatable bonds is 3. The van der Waals surface area contributed by atoms with Gasteiger partial charge in [0.05, 0.1) is 0 Å². The average molecular weight is 356 g/mol. The molecule has 6 heteroatoms. The number of anilines is 2. The van der Waals surface area contributed by atoms with Crippen LogP contribution in [-0.2, 0) is 0 Å². The molecule has 1 aromatic heterocycles. The topological polar surface area (TPSA) is 62.2 Å². The van der Waals surface area contributed by atoms with Crippen LogP contribution < -0.4 is 5.32 Å². The number of nitrogens with one attached hydrogen (secondary N) is 1. The van der Waals surface area contributed by atoms with Crippen LogP contribution in [0.5, 0.6) is 0 Å². The van der Waals surface area contributed by atoms with E-state index in [0.717, 1.165) is 21.3 Å². The number of aromatic carboxylic acids is 1. The highest BCUT2D eigenvalue weighted by molar-refractivity contribution is 9.10. The van der Waals surface area contributed by atoms with Crippen LogP contribution in [0.15, 0.2) is 28.7 Å². The Bertz CT molecular complexity index is 666. The Labute approximate surface area is 129 Å². The van der Waals surface area contributed by atoms with E-state index >= 15 is 0 Å². The Morgan fingerprint density at radius 2 is 1.90 bits per heavy atom. The van der Waals surface area contributed by atoms with Crippen LogP contribution in [-0.4, -0.2) is 16.1 Å². The zero-order chi connectivity index (χ0) is 14.9. The molecule has 0 aliphatic heterocycles. The Morgan fingerprint density at radius 3 is 2.45 bits per heavy atom. The summed E-state index contributed by atoms with van der Waals surface area (Å²) in [5, 5.41) is 12.5. The van der Waals surface area contributed by atoms with Gasteiger partial charge in [0.1, 0.15) is 16.5 Å². The minimum absolute atomic E-state index is 0.0797. The lowest BCUT2D eigenvalue weighted by Gasteiger charge is -2.14. The number of carboxylic acids is 1. The van der Waals surface area contributed by atoms with Crippen molar-refractivity contribution < 1.29 is 9.90 Å². The SMILES string of the molecule is Cc1cc(Br)cc(C)c1Nc1nc(Cl)ccc1C(=O)O. The lowest BCUT2D eigenvalue weighted by molar-refractivity contribution is 0.0697. The molecule has 4 nitrogen and oxygen atoms in total. The zero-order valence-electron chi connectivity index (χ0n) is 10.9. The highest BCUT2D eigenvalue weighted by Crippen LogP contribution is 2.29. The van der Waals surface area contributed by atoms with E-state index in [9.17, 15) is 9.90 Å². The summed E-state index contributed by atoms with van der Waals surface area (Å²) in [6.45, 7) is 3.87. The van der Waals surface area contributed by atoms with Gasteiger partial charge in [0, 0.05) is 10.2 Å². The van der Waals surface area contributed by atoms with Gasteiger partial charge < -0.3 is 10.4 Å². The first-order valence-corrected chi connectivity index (χ1v) is 6.99. The molecule has 0 saturated carbocycles. The van der Waals surface area contributed by atoms with E-state index in [1.807, 2.05) is 26.0 Å². The molecule has 0 bridgehead atoms. The van der Waals surface area contributed by atoms with Crippen LogP contribution in [0.3, 0.4) is 0 Å². The van der Waals surface area contributed by atoms with Gasteiger partial charge in [-0.3, -0.25) is 0 Å². The van der Waals surface area contributed by atoms with Crippen LogP contribution >= 0.6 is 27.5 Å². The van der Waals surface area contributed by atoms with Crippen LogP contribution in [0.4, 0.5) is 11.5 Å². The fourth-order valence-corrected chi connectivity index (χ4v) is 2.76. The van der Waals surface area contributed by atoms with E-state index in [1.165, 1.54) is 12.1 Å². The Balaban J connectivity index is 2.50. The molecule has 0 amide bonds. The van der Waals surface area contributed by atoms with Crippen molar-refractivity contribution in [2.75, 3.05) is 5.32 Å². The van der Waals surface area contributed by atoms with Crippen molar-refractivity contribution in [1.29, 1.82) is 0 Å². The largest absolute Gasteiger partial charge is 0.478 e. The van der Waals surface area contributed by atoms with Crippen LogP contribution in [0.2, 0.25) is 5.15 Å². The molecule has 0 unspecified atom stereocenters. The summed E-state index contributed by atoms with van der Waals surface area (Å²) in [6, 6.07) is 6.78. The van der Waals surface area contributed by atoms with E-state index in [4.69, 9.17) is 11.6 Å². The Hall–Kier alpha value is -1.59. The van der Waals surface area contributed by atoms with Gasteiger partial charge in [-0.25, -0.2) is 9.78 Å². The number of benzene rings is 1. The number of hydrogen-bond acceptors (Lipinski definition) is 3. The fraction of sp³-hybridized carbons (Fsp3) is 0.143. The fourth-order valence-electron chi connectivity index (χ4n) is 1.93. The van der Waals surface area contributed by atoms with Gasteiger partial charge in [-0.1, -0.05) is 27.5 Å². The molecule has 0 spiro atoms. The molecular formula is C14H12BrClN2O2. The van der Waals surface area contributed by atoms with Gasteiger partial charge in [-0.15, -0.1) is 0 Å². The standard InChI is InChI=1S/C14H12BrClN2O2/c1-7-5-9(15)6-8(2)12(7)18-13-10(14(19)20)3-4-11(16)17-13/h3-6H,1-2H3,(H,17,18)(H,19,20). The summed E-state index contributed by atoms with van der Waals surface area (Å²) in [5.74, 6) is -0.817. The molecule has 0 aliphatic carbocycles. The number of carboxylic acid groups (broad SMARTS) is 1. The molecule has 0 fully saturated rings. The minimum Gasteiger partial charge on any atom is -0.478 e. The third-order valence-corrected chi connectivity index (χ3v) is 3.50. The molecule has 2 rings (SSSR count). The second kappa shape index (κ2) is 5.81. The third-order valence-electron chi connectivity index (χ3n) is 2.83. The molecule has 20 heavy (non-hydrogen) atoms. The predicted octanol–water partition coefficient (Wildman–Crippen LogP) is 4.56. The van der Waals surface area contributed by atoms with E-state index in [0.29, 0.717) is 0 Å². The van der Waals surface area contributed by atoms with Crippen molar-refractivity contribution in [3.63, 3.8) is 0 Å². The van der Waals surface area contributed by atoms with Crippen molar-refractivity contribution in [3.8, 4) is 0 Å². The van der Waals surface area contributed by atoms with Crippen molar-refractivity contribution in [2.45, 2.75) is 13.8 Å². The van der Waals surface area contributed by atoms with Crippen molar-refractivity contribution in [3.05, 3.63) is 50.6 Å². The number of aromatic nitrogens is 1. The lowest BCUT2D eigenvalue weighted by Crippen LogP contribution is -2.06. The zero-order valence-corrected chi connectivity index (χ0v) is 13.2. The summed E-state index contributed by atoms with van der Waals surface area (Å²) < 4.78 is 0.968. The molecule has 2 aromatic rings. The molecule has 0 saturated heterocycles. The molecule has 1 aromatic carbocycles. The first-order chi connectivity index (χ1) is 9.38. The third kappa shape index (κ3) is 3.11. The van der Waals surface area contributed by atoms with E-state index in [2.05, 4.69) is 26.2 Å². The summed E-state index contributed by atoms with van der Waals surface area (Å²) >= 11 is 9.26. The quantitative estimate of drug-likeness (QED) is 0.793. The summed E-state index contributed by atoms with van der Waals surface area (Å²) in [7, 11) is 0. The summed E-state index contributed by atoms with van der Waals surface area (Å²) in [6.07, 6.45) is 0. The molecular weight excluding hydrogens is 344 g/mol. The smallest absolute Gasteiger partial charge is 0.339 e. The summed E-state index contributed by atoms with van der Waals surface area (Å²) in [4.78, 5) is 15.3.